The van der Waals surface area contributed by atoms with Crippen molar-refractivity contribution in [3.63, 3.8) is 0 Å². The minimum Gasteiger partial charge on any atom is -0.351 e. The summed E-state index contributed by atoms with van der Waals surface area (Å²) in [4.78, 5) is 15.9. The van der Waals surface area contributed by atoms with Gasteiger partial charge in [-0.05, 0) is 56.3 Å². The van der Waals surface area contributed by atoms with Gasteiger partial charge in [0.25, 0.3) is 0 Å². The molecule has 1 aromatic rings. The van der Waals surface area contributed by atoms with Gasteiger partial charge in [-0.25, -0.2) is 4.79 Å². The molecular weight excluding hydrogens is 274 g/mol. The second-order valence-electron chi connectivity index (χ2n) is 7.16. The van der Waals surface area contributed by atoms with E-state index in [9.17, 15) is 4.79 Å². The normalized spacial score (nSPS) is 27.3. The van der Waals surface area contributed by atoms with Crippen molar-refractivity contribution in [2.75, 3.05) is 26.2 Å². The minimum atomic E-state index is -0.266. The molecule has 3 aliphatic rings. The van der Waals surface area contributed by atoms with Crippen LogP contribution in [0.3, 0.4) is 0 Å². The molecule has 2 saturated heterocycles. The molecule has 1 atom stereocenters. The Kier molecular flexibility index (Phi) is 3.37. The number of hydrogen-bond acceptors (Lipinski definition) is 2. The molecule has 2 aliphatic heterocycles. The fraction of sp³-hybridized carbons (Fsp3) is 0.611. The second kappa shape index (κ2) is 5.27. The van der Waals surface area contributed by atoms with Crippen LogP contribution in [-0.4, -0.2) is 42.0 Å². The zero-order chi connectivity index (χ0) is 15.2. The van der Waals surface area contributed by atoms with Gasteiger partial charge in [0.05, 0.1) is 0 Å². The van der Waals surface area contributed by atoms with Crippen molar-refractivity contribution < 1.29 is 4.79 Å². The van der Waals surface area contributed by atoms with E-state index in [1.54, 1.807) is 4.90 Å². The molecule has 0 aromatic heterocycles. The summed E-state index contributed by atoms with van der Waals surface area (Å²) >= 11 is 0. The first-order valence-corrected chi connectivity index (χ1v) is 8.57. The third-order valence-electron chi connectivity index (χ3n) is 6.09. The average molecular weight is 299 g/mol. The molecule has 4 heteroatoms. The number of benzene rings is 1. The number of nitrogens with zero attached hydrogens (tertiary/aromatic N) is 2. The number of nitrogens with two attached hydrogens (primary N) is 1. The van der Waals surface area contributed by atoms with Crippen molar-refractivity contribution in [1.29, 1.82) is 0 Å². The van der Waals surface area contributed by atoms with Crippen molar-refractivity contribution in [3.05, 3.63) is 35.4 Å². The van der Waals surface area contributed by atoms with Crippen LogP contribution < -0.4 is 5.73 Å². The Morgan fingerprint density at radius 1 is 1.09 bits per heavy atom. The third-order valence-corrected chi connectivity index (χ3v) is 6.09. The molecule has 0 radical (unpaired) electrons. The molecule has 1 aromatic carbocycles. The highest BCUT2D eigenvalue weighted by atomic mass is 16.2. The van der Waals surface area contributed by atoms with Crippen LogP contribution in [0.25, 0.3) is 0 Å². The zero-order valence-corrected chi connectivity index (χ0v) is 13.1. The highest BCUT2D eigenvalue weighted by Crippen LogP contribution is 2.53. The van der Waals surface area contributed by atoms with Crippen molar-refractivity contribution >= 4 is 6.03 Å². The number of likely N-dealkylation sites (tertiary alicyclic amines) is 2. The number of amides is 2. The standard InChI is InChI=1S/C18H25N3O/c19-17(22)21-11-7-18(8-12-21)13-16(20-9-3-4-10-20)14-5-1-2-6-15(14)18/h1-2,5-6,16H,3-4,7-13H2,(H2,19,22). The molecular formula is C18H25N3O. The number of primary amides is 1. The number of carbonyl (C=O) groups is 1. The van der Waals surface area contributed by atoms with Crippen molar-refractivity contribution in [3.8, 4) is 0 Å². The zero-order valence-electron chi connectivity index (χ0n) is 13.1. The van der Waals surface area contributed by atoms with Crippen molar-refractivity contribution in [2.45, 2.75) is 43.6 Å². The Labute approximate surface area is 132 Å². The van der Waals surface area contributed by atoms with Crippen molar-refractivity contribution in [1.82, 2.24) is 9.80 Å². The van der Waals surface area contributed by atoms with Gasteiger partial charge in [0.1, 0.15) is 0 Å². The Bertz CT molecular complexity index is 571. The van der Waals surface area contributed by atoms with Crippen LogP contribution >= 0.6 is 0 Å². The topological polar surface area (TPSA) is 49.6 Å². The first kappa shape index (κ1) is 14.1. The average Bonchev–Trinajstić information content (AvgIpc) is 3.16. The van der Waals surface area contributed by atoms with Gasteiger partial charge < -0.3 is 10.6 Å². The summed E-state index contributed by atoms with van der Waals surface area (Å²) in [6.07, 6.45) is 6.00. The third kappa shape index (κ3) is 2.12. The highest BCUT2D eigenvalue weighted by Gasteiger charge is 2.47. The highest BCUT2D eigenvalue weighted by molar-refractivity contribution is 5.72. The van der Waals surface area contributed by atoms with Gasteiger partial charge in [0.15, 0.2) is 0 Å². The van der Waals surface area contributed by atoms with Gasteiger partial charge in [0.2, 0.25) is 0 Å². The summed E-state index contributed by atoms with van der Waals surface area (Å²) in [6.45, 7) is 4.08. The van der Waals surface area contributed by atoms with Gasteiger partial charge in [-0.1, -0.05) is 24.3 Å². The molecule has 4 nitrogen and oxygen atoms in total. The lowest BCUT2D eigenvalue weighted by molar-refractivity contribution is 0.144. The lowest BCUT2D eigenvalue weighted by Gasteiger charge is -2.40. The van der Waals surface area contributed by atoms with E-state index in [2.05, 4.69) is 29.2 Å². The van der Waals surface area contributed by atoms with Crippen LogP contribution in [0, 0.1) is 0 Å². The summed E-state index contributed by atoms with van der Waals surface area (Å²) in [5, 5.41) is 0. The maximum Gasteiger partial charge on any atom is 0.314 e. The lowest BCUT2D eigenvalue weighted by atomic mass is 9.73. The van der Waals surface area contributed by atoms with E-state index in [1.807, 2.05) is 0 Å². The predicted octanol–water partition coefficient (Wildman–Crippen LogP) is 2.64. The lowest BCUT2D eigenvalue weighted by Crippen LogP contribution is -2.46. The Balaban J connectivity index is 1.63. The SMILES string of the molecule is NC(=O)N1CCC2(CC1)CC(N1CCCC1)c1ccccc12. The number of rotatable bonds is 1. The number of fused-ring (bicyclic) bond motifs is 2. The van der Waals surface area contributed by atoms with Gasteiger partial charge in [-0.3, -0.25) is 4.90 Å². The van der Waals surface area contributed by atoms with Crippen LogP contribution in [0.1, 0.15) is 49.3 Å². The maximum absolute atomic E-state index is 11.4. The first-order chi connectivity index (χ1) is 10.7. The summed E-state index contributed by atoms with van der Waals surface area (Å²) in [7, 11) is 0. The van der Waals surface area contributed by atoms with Gasteiger partial charge in [0, 0.05) is 24.5 Å². The molecule has 0 saturated carbocycles. The van der Waals surface area contributed by atoms with Crippen LogP contribution in [0.15, 0.2) is 24.3 Å². The molecule has 1 aliphatic carbocycles. The molecule has 0 bridgehead atoms. The first-order valence-electron chi connectivity index (χ1n) is 8.57. The summed E-state index contributed by atoms with van der Waals surface area (Å²) in [5.41, 5.74) is 8.79. The molecule has 22 heavy (non-hydrogen) atoms. The van der Waals surface area contributed by atoms with E-state index >= 15 is 0 Å². The van der Waals surface area contributed by atoms with Crippen molar-refractivity contribution in [2.24, 2.45) is 5.73 Å². The molecule has 2 fully saturated rings. The summed E-state index contributed by atoms with van der Waals surface area (Å²) in [5.74, 6) is 0. The smallest absolute Gasteiger partial charge is 0.314 e. The van der Waals surface area contributed by atoms with E-state index in [-0.39, 0.29) is 11.4 Å². The van der Waals surface area contributed by atoms with Crippen LogP contribution in [0.5, 0.6) is 0 Å². The fourth-order valence-corrected chi connectivity index (χ4v) is 4.87. The molecule has 1 unspecified atom stereocenters. The molecule has 118 valence electrons. The second-order valence-corrected chi connectivity index (χ2v) is 7.16. The predicted molar refractivity (Wildman–Crippen MR) is 86.7 cm³/mol. The monoisotopic (exact) mass is 299 g/mol. The Hall–Kier alpha value is -1.55. The summed E-state index contributed by atoms with van der Waals surface area (Å²) < 4.78 is 0. The maximum atomic E-state index is 11.4. The number of carbonyl (C=O) groups excluding carboxylic acids is 1. The number of piperidine rings is 1. The fourth-order valence-electron chi connectivity index (χ4n) is 4.87. The minimum absolute atomic E-state index is 0.260. The van der Waals surface area contributed by atoms with Gasteiger partial charge in [-0.2, -0.15) is 0 Å². The van der Waals surface area contributed by atoms with Crippen LogP contribution in [0.4, 0.5) is 4.79 Å². The van der Waals surface area contributed by atoms with E-state index in [0.29, 0.717) is 6.04 Å². The van der Waals surface area contributed by atoms with E-state index < -0.39 is 0 Å². The van der Waals surface area contributed by atoms with E-state index in [1.165, 1.54) is 43.5 Å². The van der Waals surface area contributed by atoms with E-state index in [4.69, 9.17) is 5.73 Å². The number of hydrogen-bond donors (Lipinski definition) is 1. The Morgan fingerprint density at radius 3 is 2.45 bits per heavy atom. The molecule has 4 rings (SSSR count). The van der Waals surface area contributed by atoms with Gasteiger partial charge >= 0.3 is 6.03 Å². The summed E-state index contributed by atoms with van der Waals surface area (Å²) in [6, 6.07) is 9.32. The Morgan fingerprint density at radius 2 is 1.77 bits per heavy atom. The molecule has 2 heterocycles. The quantitative estimate of drug-likeness (QED) is 0.866. The molecule has 1 spiro atoms. The van der Waals surface area contributed by atoms with Crippen LogP contribution in [-0.2, 0) is 5.41 Å². The largest absolute Gasteiger partial charge is 0.351 e. The molecule has 2 amide bonds. The van der Waals surface area contributed by atoms with Gasteiger partial charge in [-0.15, -0.1) is 0 Å². The molecule has 2 N–H and O–H groups in total. The van der Waals surface area contributed by atoms with Crippen LogP contribution in [0.2, 0.25) is 0 Å². The van der Waals surface area contributed by atoms with E-state index in [0.717, 1.165) is 25.9 Å². The number of urea groups is 1.